The van der Waals surface area contributed by atoms with E-state index in [1.807, 2.05) is 69.3 Å². The van der Waals surface area contributed by atoms with Gasteiger partial charge in [0.05, 0.1) is 36.4 Å². The number of piperazine rings is 1. The van der Waals surface area contributed by atoms with Crippen LogP contribution in [0, 0.1) is 17.8 Å². The van der Waals surface area contributed by atoms with E-state index >= 15 is 0 Å². The highest BCUT2D eigenvalue weighted by atomic mass is 16.6. The van der Waals surface area contributed by atoms with Crippen molar-refractivity contribution in [2.45, 2.75) is 180 Å². The lowest BCUT2D eigenvalue weighted by atomic mass is 9.88. The number of carbonyl (C=O) groups excluding carboxylic acids is 8. The molecule has 7 amide bonds. The fourth-order valence-electron chi connectivity index (χ4n) is 12.3. The van der Waals surface area contributed by atoms with Crippen LogP contribution in [0.3, 0.4) is 0 Å². The normalized spacial score (nSPS) is 23.4. The number of allylic oxidation sites excluding steroid dienone is 2. The van der Waals surface area contributed by atoms with Crippen molar-refractivity contribution in [1.82, 2.24) is 31.1 Å². The van der Waals surface area contributed by atoms with Gasteiger partial charge in [0.1, 0.15) is 37.0 Å². The molecule has 12 atom stereocenters. The molecule has 10 N–H and O–H groups in total. The van der Waals surface area contributed by atoms with Gasteiger partial charge >= 0.3 is 36.2 Å². The molecule has 0 saturated carbocycles. The Hall–Kier alpha value is -8.36. The molecule has 3 heterocycles. The zero-order valence-corrected chi connectivity index (χ0v) is 56.6. The minimum absolute atomic E-state index is 0.00911. The molecule has 8 unspecified atom stereocenters. The van der Waals surface area contributed by atoms with Crippen LogP contribution in [0.5, 0.6) is 0 Å². The number of nitrogens with one attached hydrogen (secondary N) is 5. The van der Waals surface area contributed by atoms with Crippen molar-refractivity contribution >= 4 is 53.8 Å². The lowest BCUT2D eigenvalue weighted by molar-refractivity contribution is -0.168. The number of aliphatic hydroxyl groups excluding tert-OH is 2. The van der Waals surface area contributed by atoms with E-state index in [1.54, 1.807) is 89.3 Å². The first kappa shape index (κ1) is 75.0. The molecule has 25 heteroatoms. The molecule has 2 saturated heterocycles. The van der Waals surface area contributed by atoms with E-state index in [2.05, 4.69) is 31.5 Å². The van der Waals surface area contributed by atoms with E-state index in [4.69, 9.17) is 34.2 Å². The first-order chi connectivity index (χ1) is 45.6. The Bertz CT molecular complexity index is 3210. The third-order valence-electron chi connectivity index (χ3n) is 18.0. The van der Waals surface area contributed by atoms with Crippen molar-refractivity contribution in [3.05, 3.63) is 125 Å². The number of aliphatic hydroxyl groups is 3. The second-order valence-corrected chi connectivity index (χ2v) is 26.3. The van der Waals surface area contributed by atoms with Crippen molar-refractivity contribution in [2.75, 3.05) is 57.7 Å². The number of alkyl carbamates (subject to hydrolysis) is 2. The van der Waals surface area contributed by atoms with Crippen molar-refractivity contribution < 1.29 is 82.1 Å². The molecule has 3 aromatic rings. The van der Waals surface area contributed by atoms with Crippen LogP contribution in [-0.4, -0.2) is 186 Å². The Labute approximate surface area is 562 Å². The van der Waals surface area contributed by atoms with E-state index < -0.39 is 108 Å². The lowest BCUT2D eigenvalue weighted by Gasteiger charge is -2.39. The second-order valence-electron chi connectivity index (χ2n) is 26.3. The molecular weight excluding hydrogens is 1240 g/mol. The Kier molecular flexibility index (Phi) is 27.4. The van der Waals surface area contributed by atoms with Gasteiger partial charge in [-0.25, -0.2) is 19.2 Å². The van der Waals surface area contributed by atoms with Gasteiger partial charge in [-0.05, 0) is 110 Å². The predicted octanol–water partition coefficient (Wildman–Crippen LogP) is 7.26. The third-order valence-corrected chi connectivity index (χ3v) is 18.0. The van der Waals surface area contributed by atoms with Gasteiger partial charge in [-0.1, -0.05) is 120 Å². The number of anilines is 1. The fourth-order valence-corrected chi connectivity index (χ4v) is 12.3. The quantitative estimate of drug-likeness (QED) is 0.00905. The van der Waals surface area contributed by atoms with Crippen molar-refractivity contribution in [1.29, 1.82) is 0 Å². The third kappa shape index (κ3) is 22.1. The molecule has 0 bridgehead atoms. The number of amides is 7. The maximum absolute atomic E-state index is 14.0. The molecule has 0 spiro atoms. The first-order valence-electron chi connectivity index (χ1n) is 33.2. The summed E-state index contributed by atoms with van der Waals surface area (Å²) in [6, 6.07) is 19.5. The van der Waals surface area contributed by atoms with Gasteiger partial charge in [-0.2, -0.15) is 0 Å². The zero-order valence-electron chi connectivity index (χ0n) is 56.6. The molecular formula is C71H98N8O17. The SMILES string of the molecule is CC[C@H](O)[C@@H](C)[C@H]1O[C@@H]1CC(C)(O)/C=C/C=C(\C)C1OC(=O)CC(O)CCC(C)(OC(C)=O)C(OC(=O)N2CCN(CCNC(=O)OCc3ccc(NC(=O)C(CCCNC(N)=O)NC(=O)C(NC(=O)OCC4c5ccccc5-c5ccccc54)C(C)C)cc3)CC2)C=CC1C. The number of primary amides is 1. The van der Waals surface area contributed by atoms with Crippen LogP contribution in [0.4, 0.5) is 24.9 Å². The second kappa shape index (κ2) is 35.1. The molecule has 3 aromatic carbocycles. The van der Waals surface area contributed by atoms with Crippen molar-refractivity contribution in [2.24, 2.45) is 23.5 Å². The summed E-state index contributed by atoms with van der Waals surface area (Å²) in [4.78, 5) is 109. The molecule has 1 aliphatic carbocycles. The minimum Gasteiger partial charge on any atom is -0.457 e. The summed E-state index contributed by atoms with van der Waals surface area (Å²) in [5.41, 5.74) is 8.40. The summed E-state index contributed by atoms with van der Waals surface area (Å²) >= 11 is 0. The molecule has 2 fully saturated rings. The topological polar surface area (TPSA) is 349 Å². The number of epoxide rings is 1. The highest BCUT2D eigenvalue weighted by molar-refractivity contribution is 5.98. The number of rotatable bonds is 27. The van der Waals surface area contributed by atoms with Crippen LogP contribution in [0.15, 0.2) is 109 Å². The summed E-state index contributed by atoms with van der Waals surface area (Å²) in [5, 5.41) is 46.1. The van der Waals surface area contributed by atoms with E-state index in [1.165, 1.54) is 11.8 Å². The Morgan fingerprint density at radius 3 is 2.17 bits per heavy atom. The maximum atomic E-state index is 14.0. The Balaban J connectivity index is 0.864. The number of cyclic esters (lactones) is 1. The van der Waals surface area contributed by atoms with Crippen LogP contribution in [0.2, 0.25) is 0 Å². The highest BCUT2D eigenvalue weighted by Crippen LogP contribution is 2.45. The van der Waals surface area contributed by atoms with Crippen molar-refractivity contribution in [3.63, 3.8) is 0 Å². The summed E-state index contributed by atoms with van der Waals surface area (Å²) in [6.07, 6.45) is 3.30. The van der Waals surface area contributed by atoms with Gasteiger partial charge in [0.25, 0.3) is 0 Å². The molecule has 524 valence electrons. The van der Waals surface area contributed by atoms with E-state index in [0.717, 1.165) is 22.3 Å². The predicted molar refractivity (Wildman–Crippen MR) is 358 cm³/mol. The van der Waals surface area contributed by atoms with Gasteiger partial charge < -0.3 is 81.0 Å². The molecule has 3 aliphatic heterocycles. The highest BCUT2D eigenvalue weighted by Gasteiger charge is 2.47. The van der Waals surface area contributed by atoms with E-state index in [-0.39, 0.29) is 95.5 Å². The van der Waals surface area contributed by atoms with Crippen LogP contribution in [0.1, 0.15) is 130 Å². The molecule has 0 aromatic heterocycles. The largest absolute Gasteiger partial charge is 0.457 e. The number of urea groups is 1. The Morgan fingerprint density at radius 2 is 1.53 bits per heavy atom. The smallest absolute Gasteiger partial charge is 0.410 e. The van der Waals surface area contributed by atoms with Crippen molar-refractivity contribution in [3.8, 4) is 11.1 Å². The van der Waals surface area contributed by atoms with Gasteiger partial charge in [-0.3, -0.25) is 24.1 Å². The maximum Gasteiger partial charge on any atom is 0.410 e. The summed E-state index contributed by atoms with van der Waals surface area (Å²) in [6.45, 7) is 17.7. The molecule has 7 rings (SSSR count). The summed E-state index contributed by atoms with van der Waals surface area (Å²) in [5.74, 6) is -3.63. The van der Waals surface area contributed by atoms with E-state index in [0.29, 0.717) is 49.3 Å². The number of esters is 2. The van der Waals surface area contributed by atoms with Gasteiger partial charge in [0, 0.05) is 82.6 Å². The van der Waals surface area contributed by atoms with Gasteiger partial charge in [-0.15, -0.1) is 0 Å². The molecule has 0 radical (unpaired) electrons. The average molecular weight is 1340 g/mol. The zero-order chi connectivity index (χ0) is 69.9. The molecule has 96 heavy (non-hydrogen) atoms. The number of fused-ring (bicyclic) bond motifs is 3. The van der Waals surface area contributed by atoms with E-state index in [9.17, 15) is 53.7 Å². The number of nitrogens with two attached hydrogens (primary N) is 1. The van der Waals surface area contributed by atoms with Crippen LogP contribution in [-0.2, 0) is 54.2 Å². The number of ether oxygens (including phenoxy) is 6. The number of carbonyl (C=O) groups is 8. The van der Waals surface area contributed by atoms with Gasteiger partial charge in [0.2, 0.25) is 11.8 Å². The Morgan fingerprint density at radius 1 is 0.865 bits per heavy atom. The summed E-state index contributed by atoms with van der Waals surface area (Å²) < 4.78 is 35.0. The minimum atomic E-state index is -1.45. The number of benzene rings is 3. The molecule has 25 nitrogen and oxygen atoms in total. The number of hydrogen-bond donors (Lipinski definition) is 9. The number of nitrogens with zero attached hydrogens (tertiary/aromatic N) is 2. The van der Waals surface area contributed by atoms with Crippen LogP contribution in [0.25, 0.3) is 11.1 Å². The summed E-state index contributed by atoms with van der Waals surface area (Å²) in [7, 11) is 0. The average Bonchev–Trinajstić information content (AvgIpc) is 1.64. The fraction of sp³-hybridized carbons (Fsp3) is 0.549. The number of hydrogen-bond acceptors (Lipinski definition) is 18. The monoisotopic (exact) mass is 1330 g/mol. The van der Waals surface area contributed by atoms with Gasteiger partial charge in [0.15, 0.2) is 6.10 Å². The molecule has 4 aliphatic rings. The standard InChI is InChI=1S/C71H98N8O17/c1-10-57(82)46(6)63-58(93-63)40-70(8,90)30-15-17-44(4)62-45(5)23-28-59(71(9,96-47(7)80)31-29-50(81)39-60(83)95-62)94-69(89)79-37-35-78(36-38-79)34-33-74-67(87)91-41-48-24-26-49(27-25-48)75-64(84)56(22-16-32-73-66(72)86)76-65(85)61(43(2)3)77-68(88)92-42-55-53-20-13-11-18-51(53)52-19-12-14-21-54(52)55/h11-15,17-21,23-28,30,43,45-46,50,55-59,61-63,81-82,90H,10,16,22,29,31-42H2,1-9H3,(H,74,87)(H,75,84)(H,76,85)(H,77,88)(H3,72,73,86)/b28-23?,30-15+,44-17+/t45?,46-,50?,56?,57+,58-,59?,61?,62?,63-,70?,71?/m1/s1. The van der Waals surface area contributed by atoms with Crippen LogP contribution >= 0.6 is 0 Å². The lowest BCUT2D eigenvalue weighted by Crippen LogP contribution is -2.54. The van der Waals surface area contributed by atoms with Crippen LogP contribution < -0.4 is 32.3 Å². The first-order valence-corrected chi connectivity index (χ1v) is 33.2.